The van der Waals surface area contributed by atoms with Gasteiger partial charge in [0.05, 0.1) is 30.1 Å². The maximum absolute atomic E-state index is 12.3. The highest BCUT2D eigenvalue weighted by molar-refractivity contribution is 5.94. The molecule has 1 atom stereocenters. The zero-order valence-corrected chi connectivity index (χ0v) is 12.3. The molecule has 1 unspecified atom stereocenters. The lowest BCUT2D eigenvalue weighted by atomic mass is 10.2. The number of carbonyl (C=O) groups is 2. The molecule has 1 fully saturated rings. The summed E-state index contributed by atoms with van der Waals surface area (Å²) in [6.45, 7) is 0.922. The van der Waals surface area contributed by atoms with E-state index in [2.05, 4.69) is 10.3 Å². The first kappa shape index (κ1) is 15.2. The number of carboxylic acids is 1. The molecule has 120 valence electrons. The second kappa shape index (κ2) is 6.17. The minimum atomic E-state index is -0.967. The number of rotatable bonds is 4. The van der Waals surface area contributed by atoms with Crippen LogP contribution < -0.4 is 0 Å². The van der Waals surface area contributed by atoms with Gasteiger partial charge in [-0.15, -0.1) is 5.10 Å². The van der Waals surface area contributed by atoms with Gasteiger partial charge in [-0.2, -0.15) is 0 Å². The van der Waals surface area contributed by atoms with Gasteiger partial charge < -0.3 is 15.1 Å². The van der Waals surface area contributed by atoms with Crippen LogP contribution in [0.1, 0.15) is 22.5 Å². The number of nitrogens with zero attached hydrogens (tertiary/aromatic N) is 4. The summed E-state index contributed by atoms with van der Waals surface area (Å²) in [5.74, 6) is -1.08. The summed E-state index contributed by atoms with van der Waals surface area (Å²) in [6.07, 6.45) is 1.52. The van der Waals surface area contributed by atoms with Gasteiger partial charge in [0, 0.05) is 18.7 Å². The second-order valence-electron chi connectivity index (χ2n) is 5.47. The maximum atomic E-state index is 12.3. The van der Waals surface area contributed by atoms with Crippen molar-refractivity contribution >= 4 is 11.9 Å². The summed E-state index contributed by atoms with van der Waals surface area (Å²) < 4.78 is 1.46. The third-order valence-electron chi connectivity index (χ3n) is 3.70. The van der Waals surface area contributed by atoms with Crippen molar-refractivity contribution in [3.05, 3.63) is 41.7 Å². The molecule has 8 heteroatoms. The SMILES string of the molecule is O=C(O)Cc1cn(-c2ccc(C(=O)N3CCC(O)C3)cc2)nn1. The molecule has 1 aliphatic heterocycles. The van der Waals surface area contributed by atoms with Crippen molar-refractivity contribution in [1.29, 1.82) is 0 Å². The molecule has 1 amide bonds. The van der Waals surface area contributed by atoms with Gasteiger partial charge in [-0.05, 0) is 30.7 Å². The maximum Gasteiger partial charge on any atom is 0.309 e. The lowest BCUT2D eigenvalue weighted by molar-refractivity contribution is -0.136. The molecule has 1 aromatic heterocycles. The number of carbonyl (C=O) groups excluding carboxylic acids is 1. The summed E-state index contributed by atoms with van der Waals surface area (Å²) in [5, 5.41) is 25.9. The van der Waals surface area contributed by atoms with Gasteiger partial charge in [0.15, 0.2) is 0 Å². The monoisotopic (exact) mass is 316 g/mol. The second-order valence-corrected chi connectivity index (χ2v) is 5.47. The summed E-state index contributed by atoms with van der Waals surface area (Å²) in [4.78, 5) is 24.6. The Bertz CT molecular complexity index is 725. The van der Waals surface area contributed by atoms with Crippen molar-refractivity contribution in [2.24, 2.45) is 0 Å². The van der Waals surface area contributed by atoms with Crippen LogP contribution in [0.15, 0.2) is 30.5 Å². The smallest absolute Gasteiger partial charge is 0.309 e. The van der Waals surface area contributed by atoms with Gasteiger partial charge in [0.1, 0.15) is 0 Å². The van der Waals surface area contributed by atoms with Crippen molar-refractivity contribution in [2.75, 3.05) is 13.1 Å². The molecular weight excluding hydrogens is 300 g/mol. The number of carboxylic acid groups (broad SMARTS) is 1. The number of amides is 1. The van der Waals surface area contributed by atoms with E-state index in [0.717, 1.165) is 0 Å². The van der Waals surface area contributed by atoms with Crippen molar-refractivity contribution in [2.45, 2.75) is 18.9 Å². The minimum absolute atomic E-state index is 0.113. The highest BCUT2D eigenvalue weighted by atomic mass is 16.4. The number of benzene rings is 1. The molecular formula is C15H16N4O4. The van der Waals surface area contributed by atoms with Crippen LogP contribution in [-0.4, -0.2) is 61.2 Å². The van der Waals surface area contributed by atoms with Crippen molar-refractivity contribution in [1.82, 2.24) is 19.9 Å². The molecule has 2 aromatic rings. The van der Waals surface area contributed by atoms with Crippen LogP contribution in [0.3, 0.4) is 0 Å². The fourth-order valence-corrected chi connectivity index (χ4v) is 2.53. The summed E-state index contributed by atoms with van der Waals surface area (Å²) in [6, 6.07) is 6.81. The quantitative estimate of drug-likeness (QED) is 0.828. The van der Waals surface area contributed by atoms with E-state index >= 15 is 0 Å². The van der Waals surface area contributed by atoms with Gasteiger partial charge in [0.2, 0.25) is 0 Å². The third-order valence-corrected chi connectivity index (χ3v) is 3.70. The molecule has 3 rings (SSSR count). The average molecular weight is 316 g/mol. The van der Waals surface area contributed by atoms with Crippen LogP contribution in [-0.2, 0) is 11.2 Å². The van der Waals surface area contributed by atoms with Gasteiger partial charge >= 0.3 is 5.97 Å². The predicted octanol–water partition coefficient (Wildman–Crippen LogP) is 0.101. The van der Waals surface area contributed by atoms with E-state index in [1.165, 1.54) is 4.68 Å². The number of aliphatic hydroxyl groups excluding tert-OH is 1. The Morgan fingerprint density at radius 1 is 1.26 bits per heavy atom. The van der Waals surface area contributed by atoms with Gasteiger partial charge in [0.25, 0.3) is 5.91 Å². The molecule has 1 saturated heterocycles. The first-order chi connectivity index (χ1) is 11.0. The number of aromatic nitrogens is 3. The summed E-state index contributed by atoms with van der Waals surface area (Å²) in [5.41, 5.74) is 1.59. The standard InChI is InChI=1S/C15H16N4O4/c20-13-5-6-18(9-13)15(23)10-1-3-12(4-2-10)19-8-11(16-17-19)7-14(21)22/h1-4,8,13,20H,5-7,9H2,(H,21,22). The lowest BCUT2D eigenvalue weighted by Gasteiger charge is -2.15. The zero-order valence-electron chi connectivity index (χ0n) is 12.3. The van der Waals surface area contributed by atoms with E-state index in [-0.39, 0.29) is 12.3 Å². The Hall–Kier alpha value is -2.74. The van der Waals surface area contributed by atoms with Crippen LogP contribution >= 0.6 is 0 Å². The third kappa shape index (κ3) is 3.37. The Morgan fingerprint density at radius 2 is 2.00 bits per heavy atom. The molecule has 0 saturated carbocycles. The van der Waals surface area contributed by atoms with Crippen molar-refractivity contribution in [3.8, 4) is 5.69 Å². The number of β-amino-alcohol motifs (C(OH)–C–C–N with tert-alkyl or cyclic N) is 1. The van der Waals surface area contributed by atoms with Crippen LogP contribution in [0, 0.1) is 0 Å². The number of hydrogen-bond donors (Lipinski definition) is 2. The average Bonchev–Trinajstić information content (AvgIpc) is 3.15. The first-order valence-electron chi connectivity index (χ1n) is 7.24. The van der Waals surface area contributed by atoms with Crippen LogP contribution in [0.4, 0.5) is 0 Å². The van der Waals surface area contributed by atoms with Crippen molar-refractivity contribution in [3.63, 3.8) is 0 Å². The zero-order chi connectivity index (χ0) is 16.4. The van der Waals surface area contributed by atoms with E-state index in [1.807, 2.05) is 0 Å². The fraction of sp³-hybridized carbons (Fsp3) is 0.333. The normalized spacial score (nSPS) is 17.4. The molecule has 1 aliphatic rings. The van der Waals surface area contributed by atoms with Crippen LogP contribution in [0.2, 0.25) is 0 Å². The first-order valence-corrected chi connectivity index (χ1v) is 7.24. The lowest BCUT2D eigenvalue weighted by Crippen LogP contribution is -2.29. The topological polar surface area (TPSA) is 109 Å². The van der Waals surface area contributed by atoms with E-state index in [0.29, 0.717) is 36.5 Å². The summed E-state index contributed by atoms with van der Waals surface area (Å²) in [7, 11) is 0. The Morgan fingerprint density at radius 3 is 2.61 bits per heavy atom. The molecule has 8 nitrogen and oxygen atoms in total. The molecule has 23 heavy (non-hydrogen) atoms. The van der Waals surface area contributed by atoms with E-state index < -0.39 is 12.1 Å². The van der Waals surface area contributed by atoms with Crippen LogP contribution in [0.5, 0.6) is 0 Å². The minimum Gasteiger partial charge on any atom is -0.481 e. The van der Waals surface area contributed by atoms with Gasteiger partial charge in [-0.3, -0.25) is 9.59 Å². The Labute approximate surface area is 132 Å². The molecule has 0 aliphatic carbocycles. The molecule has 2 N–H and O–H groups in total. The highest BCUT2D eigenvalue weighted by Crippen LogP contribution is 2.15. The van der Waals surface area contributed by atoms with Crippen molar-refractivity contribution < 1.29 is 19.8 Å². The van der Waals surface area contributed by atoms with E-state index in [4.69, 9.17) is 5.11 Å². The molecule has 0 radical (unpaired) electrons. The number of aliphatic carboxylic acids is 1. The molecule has 2 heterocycles. The number of likely N-dealkylation sites (tertiary alicyclic amines) is 1. The Kier molecular flexibility index (Phi) is 4.07. The van der Waals surface area contributed by atoms with Crippen LogP contribution in [0.25, 0.3) is 5.69 Å². The predicted molar refractivity (Wildman–Crippen MR) is 79.2 cm³/mol. The number of hydrogen-bond acceptors (Lipinski definition) is 5. The van der Waals surface area contributed by atoms with E-state index in [9.17, 15) is 14.7 Å². The molecule has 0 spiro atoms. The fourth-order valence-electron chi connectivity index (χ4n) is 2.53. The van der Waals surface area contributed by atoms with Gasteiger partial charge in [-0.1, -0.05) is 5.21 Å². The molecule has 1 aromatic carbocycles. The number of aliphatic hydroxyl groups is 1. The highest BCUT2D eigenvalue weighted by Gasteiger charge is 2.25. The van der Waals surface area contributed by atoms with E-state index in [1.54, 1.807) is 35.4 Å². The van der Waals surface area contributed by atoms with Gasteiger partial charge in [-0.25, -0.2) is 4.68 Å². The largest absolute Gasteiger partial charge is 0.481 e. The molecule has 0 bridgehead atoms. The Balaban J connectivity index is 1.73. The summed E-state index contributed by atoms with van der Waals surface area (Å²) >= 11 is 0.